The number of nitrogens with two attached hydrogens (primary N) is 1. The lowest BCUT2D eigenvalue weighted by molar-refractivity contribution is 0.0995. The van der Waals surface area contributed by atoms with Crippen molar-refractivity contribution in [2.45, 2.75) is 51.4 Å². The van der Waals surface area contributed by atoms with Crippen molar-refractivity contribution in [3.8, 4) is 5.75 Å². The van der Waals surface area contributed by atoms with Crippen LogP contribution in [0.2, 0.25) is 0 Å². The number of para-hydroxylation sites is 1. The number of carbonyl (C=O) groups is 2. The van der Waals surface area contributed by atoms with Gasteiger partial charge < -0.3 is 20.4 Å². The van der Waals surface area contributed by atoms with Gasteiger partial charge >= 0.3 is 0 Å². The average molecular weight is 553 g/mol. The second-order valence-electron chi connectivity index (χ2n) is 11.0. The Hall–Kier alpha value is -4.64. The Morgan fingerprint density at radius 2 is 2.05 bits per heavy atom. The number of carbonyl (C=O) groups excluding carboxylic acids is 2. The van der Waals surface area contributed by atoms with E-state index in [2.05, 4.69) is 62.4 Å². The fourth-order valence-corrected chi connectivity index (χ4v) is 6.33. The molecule has 3 aromatic heterocycles. The maximum Gasteiger partial charge on any atom is 0.276 e. The van der Waals surface area contributed by atoms with E-state index in [-0.39, 0.29) is 17.6 Å². The molecule has 210 valence electrons. The molecule has 2 amide bonds. The van der Waals surface area contributed by atoms with Crippen LogP contribution in [0.1, 0.15) is 51.9 Å². The zero-order chi connectivity index (χ0) is 28.5. The van der Waals surface area contributed by atoms with E-state index < -0.39 is 5.91 Å². The number of ether oxygens (including phenoxy) is 1. The normalized spacial score (nSPS) is 18.9. The quantitative estimate of drug-likeness (QED) is 0.240. The van der Waals surface area contributed by atoms with Gasteiger partial charge in [-0.15, -0.1) is 0 Å². The lowest BCUT2D eigenvalue weighted by Crippen LogP contribution is -2.33. The minimum absolute atomic E-state index is 0.103. The molecule has 41 heavy (non-hydrogen) atoms. The molecule has 0 saturated heterocycles. The van der Waals surface area contributed by atoms with Gasteiger partial charge in [-0.05, 0) is 56.6 Å². The zero-order valence-corrected chi connectivity index (χ0v) is 23.3. The summed E-state index contributed by atoms with van der Waals surface area (Å²) in [6.45, 7) is 5.86. The standard InChI is InChI=1S/C30H32N8O3/c1-4-37-23(11-17(2)35-37)28(40)34-29-33-21-12-18(27(31)39)13-24-26(21)38(29)30(14-25(30)41-24)9-10-32-15-19-16-36(3)22-8-6-5-7-20(19)22/h5-8,11-13,16,25,32H,4,9-10,14-15H2,1-3H3,(H2,31,39)(H,33,34,40)/t25?,30-/m1/s1. The van der Waals surface area contributed by atoms with Crippen molar-refractivity contribution >= 4 is 39.7 Å². The molecule has 1 aliphatic carbocycles. The topological polar surface area (TPSA) is 134 Å². The van der Waals surface area contributed by atoms with Crippen molar-refractivity contribution in [2.24, 2.45) is 12.8 Å². The number of benzene rings is 2. The summed E-state index contributed by atoms with van der Waals surface area (Å²) in [6.07, 6.45) is 3.61. The van der Waals surface area contributed by atoms with E-state index >= 15 is 0 Å². The molecule has 2 atom stereocenters. The first kappa shape index (κ1) is 25.3. The van der Waals surface area contributed by atoms with Crippen LogP contribution >= 0.6 is 0 Å². The summed E-state index contributed by atoms with van der Waals surface area (Å²) >= 11 is 0. The Kier molecular flexibility index (Phi) is 5.69. The van der Waals surface area contributed by atoms with Crippen molar-refractivity contribution in [3.05, 3.63) is 71.2 Å². The highest BCUT2D eigenvalue weighted by Gasteiger charge is 2.61. The molecular weight excluding hydrogens is 520 g/mol. The number of amides is 2. The van der Waals surface area contributed by atoms with Crippen molar-refractivity contribution in [3.63, 3.8) is 0 Å². The molecule has 1 fully saturated rings. The minimum atomic E-state index is -0.556. The third kappa shape index (κ3) is 3.99. The summed E-state index contributed by atoms with van der Waals surface area (Å²) < 4.78 is 12.3. The number of hydrogen-bond donors (Lipinski definition) is 3. The second-order valence-corrected chi connectivity index (χ2v) is 11.0. The van der Waals surface area contributed by atoms with E-state index in [4.69, 9.17) is 15.5 Å². The van der Waals surface area contributed by atoms with Gasteiger partial charge in [-0.3, -0.25) is 24.2 Å². The molecule has 2 aromatic carbocycles. The number of anilines is 1. The smallest absolute Gasteiger partial charge is 0.276 e. The van der Waals surface area contributed by atoms with Crippen LogP contribution in [-0.4, -0.2) is 48.4 Å². The Bertz CT molecular complexity index is 1860. The summed E-state index contributed by atoms with van der Waals surface area (Å²) in [5.41, 5.74) is 10.6. The van der Waals surface area contributed by atoms with Gasteiger partial charge in [0, 0.05) is 49.2 Å². The number of imidazole rings is 1. The molecular formula is C30H32N8O3. The van der Waals surface area contributed by atoms with Gasteiger partial charge in [0.1, 0.15) is 23.1 Å². The first-order chi connectivity index (χ1) is 19.8. The summed E-state index contributed by atoms with van der Waals surface area (Å²) in [6, 6.07) is 13.5. The lowest BCUT2D eigenvalue weighted by Gasteiger charge is -2.27. The molecule has 7 rings (SSSR count). The number of nitrogens with one attached hydrogen (secondary N) is 2. The van der Waals surface area contributed by atoms with Crippen molar-refractivity contribution < 1.29 is 14.3 Å². The van der Waals surface area contributed by atoms with Gasteiger partial charge in [-0.25, -0.2) is 4.98 Å². The predicted molar refractivity (Wildman–Crippen MR) is 155 cm³/mol. The SMILES string of the molecule is CCn1nc(C)cc1C(=O)Nc1nc2cc(C(N)=O)cc3c2n1[C@]1(CCNCc2cn(C)c4ccccc24)CC1O3. The molecule has 1 saturated carbocycles. The Balaban J connectivity index is 1.20. The molecule has 5 aromatic rings. The van der Waals surface area contributed by atoms with Crippen LogP contribution in [0.25, 0.3) is 21.9 Å². The molecule has 11 heteroatoms. The minimum Gasteiger partial charge on any atom is -0.486 e. The van der Waals surface area contributed by atoms with E-state index in [0.717, 1.165) is 37.1 Å². The van der Waals surface area contributed by atoms with Crippen LogP contribution in [0, 0.1) is 6.92 Å². The summed E-state index contributed by atoms with van der Waals surface area (Å²) in [4.78, 5) is 30.2. The number of nitrogens with zero attached hydrogens (tertiary/aromatic N) is 5. The molecule has 2 aliphatic rings. The lowest BCUT2D eigenvalue weighted by atomic mass is 10.1. The average Bonchev–Trinajstić information content (AvgIpc) is 3.18. The number of primary amides is 1. The maximum absolute atomic E-state index is 13.4. The largest absolute Gasteiger partial charge is 0.486 e. The summed E-state index contributed by atoms with van der Waals surface area (Å²) in [7, 11) is 2.06. The van der Waals surface area contributed by atoms with E-state index in [1.165, 1.54) is 16.5 Å². The summed E-state index contributed by atoms with van der Waals surface area (Å²) in [5, 5.41) is 12.3. The van der Waals surface area contributed by atoms with Gasteiger partial charge in [-0.2, -0.15) is 5.10 Å². The highest BCUT2D eigenvalue weighted by Crippen LogP contribution is 2.56. The maximum atomic E-state index is 13.4. The fraction of sp³-hybridized carbons (Fsp3) is 0.333. The van der Waals surface area contributed by atoms with Crippen molar-refractivity contribution in [1.82, 2.24) is 29.2 Å². The van der Waals surface area contributed by atoms with Crippen LogP contribution in [0.4, 0.5) is 5.95 Å². The van der Waals surface area contributed by atoms with Crippen LogP contribution < -0.4 is 21.1 Å². The zero-order valence-electron chi connectivity index (χ0n) is 23.3. The Labute approximate surface area is 236 Å². The Morgan fingerprint density at radius 1 is 1.22 bits per heavy atom. The molecule has 11 nitrogen and oxygen atoms in total. The van der Waals surface area contributed by atoms with Crippen LogP contribution in [-0.2, 0) is 25.7 Å². The van der Waals surface area contributed by atoms with Gasteiger partial charge in [0.2, 0.25) is 11.9 Å². The van der Waals surface area contributed by atoms with Gasteiger partial charge in [-0.1, -0.05) is 18.2 Å². The van der Waals surface area contributed by atoms with Crippen LogP contribution in [0.3, 0.4) is 0 Å². The second kappa shape index (κ2) is 9.20. The highest BCUT2D eigenvalue weighted by molar-refractivity contribution is 6.04. The van der Waals surface area contributed by atoms with E-state index in [0.29, 0.717) is 35.0 Å². The predicted octanol–water partition coefficient (Wildman–Crippen LogP) is 3.44. The molecule has 0 bridgehead atoms. The van der Waals surface area contributed by atoms with Gasteiger partial charge in [0.15, 0.2) is 0 Å². The molecule has 1 aliphatic heterocycles. The monoisotopic (exact) mass is 552 g/mol. The third-order valence-corrected chi connectivity index (χ3v) is 8.38. The van der Waals surface area contributed by atoms with E-state index in [1.54, 1.807) is 22.9 Å². The number of aromatic nitrogens is 5. The molecule has 1 unspecified atom stereocenters. The van der Waals surface area contributed by atoms with Crippen LogP contribution in [0.5, 0.6) is 5.75 Å². The fourth-order valence-electron chi connectivity index (χ4n) is 6.33. The van der Waals surface area contributed by atoms with Gasteiger partial charge in [0.25, 0.3) is 5.91 Å². The first-order valence-corrected chi connectivity index (χ1v) is 13.9. The third-order valence-electron chi connectivity index (χ3n) is 8.38. The number of rotatable bonds is 9. The number of fused-ring (bicyclic) bond motifs is 3. The number of aryl methyl sites for hydroxylation is 3. The van der Waals surface area contributed by atoms with Gasteiger partial charge in [0.05, 0.1) is 16.7 Å². The van der Waals surface area contributed by atoms with Crippen LogP contribution in [0.15, 0.2) is 48.7 Å². The van der Waals surface area contributed by atoms with E-state index in [9.17, 15) is 9.59 Å². The first-order valence-electron chi connectivity index (χ1n) is 13.9. The molecule has 0 radical (unpaired) electrons. The molecule has 4 heterocycles. The molecule has 0 spiro atoms. The van der Waals surface area contributed by atoms with Crippen molar-refractivity contribution in [1.29, 1.82) is 0 Å². The van der Waals surface area contributed by atoms with Crippen molar-refractivity contribution in [2.75, 3.05) is 11.9 Å². The van der Waals surface area contributed by atoms with E-state index in [1.807, 2.05) is 13.8 Å². The number of hydrogen-bond acceptors (Lipinski definition) is 6. The summed E-state index contributed by atoms with van der Waals surface area (Å²) in [5.74, 6) is 0.137. The Morgan fingerprint density at radius 3 is 2.85 bits per heavy atom. The highest BCUT2D eigenvalue weighted by atomic mass is 16.5. The molecule has 4 N–H and O–H groups in total.